The van der Waals surface area contributed by atoms with Crippen molar-refractivity contribution in [1.29, 1.82) is 0 Å². The predicted octanol–water partition coefficient (Wildman–Crippen LogP) is 2.41. The summed E-state index contributed by atoms with van der Waals surface area (Å²) >= 11 is 0. The minimum Gasteiger partial charge on any atom is -0.275 e. The van der Waals surface area contributed by atoms with E-state index >= 15 is 0 Å². The van der Waals surface area contributed by atoms with Gasteiger partial charge in [-0.15, -0.1) is 0 Å². The first-order valence-corrected chi connectivity index (χ1v) is 11.9. The third kappa shape index (κ3) is 5.50. The Morgan fingerprint density at radius 2 is 1.94 bits per heavy atom. The Labute approximate surface area is 190 Å². The van der Waals surface area contributed by atoms with E-state index in [0.29, 0.717) is 5.56 Å². The van der Waals surface area contributed by atoms with Gasteiger partial charge in [-0.1, -0.05) is 6.07 Å². The summed E-state index contributed by atoms with van der Waals surface area (Å²) in [7, 11) is -1.04. The number of alkyl halides is 1. The number of carbonyl (C=O) groups excluding carboxylic acids is 1. The van der Waals surface area contributed by atoms with Gasteiger partial charge in [0, 0.05) is 7.05 Å². The maximum atomic E-state index is 15.0. The summed E-state index contributed by atoms with van der Waals surface area (Å²) in [5, 5.41) is 0.969. The van der Waals surface area contributed by atoms with Gasteiger partial charge in [-0.2, -0.15) is 0 Å². The van der Waals surface area contributed by atoms with Gasteiger partial charge in [0.1, 0.15) is 12.0 Å². The second-order valence-electron chi connectivity index (χ2n) is 8.03. The first-order valence-electron chi connectivity index (χ1n) is 10.2. The van der Waals surface area contributed by atoms with Crippen molar-refractivity contribution in [3.05, 3.63) is 47.8 Å². The number of amides is 1. The minimum absolute atomic E-state index is 0.00627. The third-order valence-electron chi connectivity index (χ3n) is 5.79. The maximum absolute atomic E-state index is 15.0. The molecular weight excluding hydrogens is 461 g/mol. The number of rotatable bonds is 8. The van der Waals surface area contributed by atoms with Gasteiger partial charge in [-0.25, -0.2) is 41.3 Å². The lowest BCUT2D eigenvalue weighted by Crippen LogP contribution is -2.43. The lowest BCUT2D eigenvalue weighted by Gasteiger charge is -2.31. The lowest BCUT2D eigenvalue weighted by molar-refractivity contribution is -0.180. The van der Waals surface area contributed by atoms with Crippen LogP contribution in [0.2, 0.25) is 0 Å². The average molecular weight is 487 g/mol. The number of sulfonamides is 1. The third-order valence-corrected chi connectivity index (χ3v) is 7.21. The van der Waals surface area contributed by atoms with Crippen LogP contribution in [0.1, 0.15) is 25.3 Å². The molecule has 1 aromatic carbocycles. The van der Waals surface area contributed by atoms with Gasteiger partial charge >= 0.3 is 0 Å². The molecule has 3 rings (SSSR count). The molecule has 180 valence electrons. The van der Waals surface area contributed by atoms with Crippen LogP contribution in [0.5, 0.6) is 0 Å². The molecule has 1 amide bonds. The van der Waals surface area contributed by atoms with Crippen LogP contribution in [-0.4, -0.2) is 61.5 Å². The number of hydroxylamine groups is 2. The summed E-state index contributed by atoms with van der Waals surface area (Å²) in [5.41, 5.74) is -0.874. The van der Waals surface area contributed by atoms with Crippen LogP contribution in [0.25, 0.3) is 11.4 Å². The largest absolute Gasteiger partial charge is 0.275 e. The smallest absolute Gasteiger partial charge is 0.252 e. The van der Waals surface area contributed by atoms with Gasteiger partial charge in [-0.3, -0.25) is 9.63 Å². The predicted molar refractivity (Wildman–Crippen MR) is 114 cm³/mol. The van der Waals surface area contributed by atoms with Crippen molar-refractivity contribution in [2.75, 3.05) is 19.9 Å². The zero-order valence-corrected chi connectivity index (χ0v) is 19.2. The Kier molecular flexibility index (Phi) is 7.39. The molecule has 0 aliphatic heterocycles. The summed E-state index contributed by atoms with van der Waals surface area (Å²) in [6.45, 7) is 1.43. The highest BCUT2D eigenvalue weighted by atomic mass is 32.2. The number of hydrogen-bond donors (Lipinski definition) is 1. The van der Waals surface area contributed by atoms with Crippen LogP contribution in [0.4, 0.5) is 13.2 Å². The second kappa shape index (κ2) is 9.74. The van der Waals surface area contributed by atoms with Crippen LogP contribution in [-0.2, 0) is 26.1 Å². The molecule has 12 heteroatoms. The molecule has 2 aromatic rings. The van der Waals surface area contributed by atoms with E-state index in [1.165, 1.54) is 33.2 Å². The van der Waals surface area contributed by atoms with Crippen LogP contribution in [0.15, 0.2) is 30.6 Å². The molecule has 0 saturated heterocycles. The molecule has 1 aliphatic carbocycles. The molecule has 33 heavy (non-hydrogen) atoms. The molecule has 0 unspecified atom stereocenters. The summed E-state index contributed by atoms with van der Waals surface area (Å²) < 4.78 is 68.9. The fourth-order valence-electron chi connectivity index (χ4n) is 4.08. The second-order valence-corrected chi connectivity index (χ2v) is 10.1. The first kappa shape index (κ1) is 25.1. The Balaban J connectivity index is 1.98. The minimum atomic E-state index is -3.71. The number of hydrogen-bond acceptors (Lipinski definition) is 6. The molecule has 3 atom stereocenters. The average Bonchev–Trinajstić information content (AvgIpc) is 3.09. The van der Waals surface area contributed by atoms with Crippen LogP contribution >= 0.6 is 0 Å². The van der Waals surface area contributed by atoms with E-state index in [1.807, 2.05) is 0 Å². The van der Waals surface area contributed by atoms with Gasteiger partial charge in [0.25, 0.3) is 5.91 Å². The highest BCUT2D eigenvalue weighted by molar-refractivity contribution is 7.89. The molecule has 8 nitrogen and oxygen atoms in total. The molecular formula is C21H25F3N4O4S. The molecule has 1 fully saturated rings. The van der Waals surface area contributed by atoms with Crippen molar-refractivity contribution < 1.29 is 31.2 Å². The fourth-order valence-corrected chi connectivity index (χ4v) is 4.94. The molecule has 1 N–H and O–H groups in total. The van der Waals surface area contributed by atoms with Gasteiger partial charge in [-0.05, 0) is 43.9 Å². The Morgan fingerprint density at radius 1 is 1.27 bits per heavy atom. The fraction of sp³-hybridized carbons (Fsp3) is 0.476. The summed E-state index contributed by atoms with van der Waals surface area (Å²) in [4.78, 5) is 25.8. The number of benzene rings is 1. The highest BCUT2D eigenvalue weighted by Gasteiger charge is 2.52. The lowest BCUT2D eigenvalue weighted by atomic mass is 9.78. The molecule has 0 spiro atoms. The van der Waals surface area contributed by atoms with Gasteiger partial charge in [0.15, 0.2) is 11.6 Å². The van der Waals surface area contributed by atoms with Gasteiger partial charge in [0.05, 0.1) is 42.3 Å². The summed E-state index contributed by atoms with van der Waals surface area (Å²) in [5.74, 6) is -2.14. The maximum Gasteiger partial charge on any atom is 0.252 e. The van der Waals surface area contributed by atoms with E-state index in [4.69, 9.17) is 4.84 Å². The standard InChI is InChI=1S/C21H25F3N4O4S/c1-4-33(30,31)27-18-10-21(9-17(18)24,20(29)28(2)32-3)8-13-5-6-16(23)15(7-13)19-25-11-14(22)12-26-19/h5-7,11-12,17-18,27H,4,8-10H2,1-3H3/t17-,18+,21-/m0/s1. The van der Waals surface area contributed by atoms with Crippen molar-refractivity contribution in [3.63, 3.8) is 0 Å². The molecule has 1 saturated carbocycles. The molecule has 1 aromatic heterocycles. The molecule has 1 heterocycles. The molecule has 0 radical (unpaired) electrons. The number of halogens is 3. The van der Waals surface area contributed by atoms with E-state index in [1.54, 1.807) is 0 Å². The topological polar surface area (TPSA) is 101 Å². The first-order chi connectivity index (χ1) is 15.5. The van der Waals surface area contributed by atoms with Crippen molar-refractivity contribution in [2.24, 2.45) is 5.41 Å². The highest BCUT2D eigenvalue weighted by Crippen LogP contribution is 2.44. The SMILES string of the molecule is CCS(=O)(=O)N[C@@H]1C[C@@](Cc2ccc(F)c(-c3ncc(F)cn3)c2)(C(=O)N(C)OC)C[C@@H]1F. The van der Waals surface area contributed by atoms with Gasteiger partial charge < -0.3 is 0 Å². The number of nitrogens with zero attached hydrogens (tertiary/aromatic N) is 3. The number of nitrogens with one attached hydrogen (secondary N) is 1. The Bertz CT molecular complexity index is 1120. The van der Waals surface area contributed by atoms with E-state index in [9.17, 15) is 26.4 Å². The van der Waals surface area contributed by atoms with Crippen molar-refractivity contribution in [1.82, 2.24) is 19.8 Å². The van der Waals surface area contributed by atoms with Crippen LogP contribution in [0, 0.1) is 17.0 Å². The normalized spacial score (nSPS) is 23.0. The zero-order valence-electron chi connectivity index (χ0n) is 18.4. The van der Waals surface area contributed by atoms with Crippen molar-refractivity contribution >= 4 is 15.9 Å². The van der Waals surface area contributed by atoms with Crippen LogP contribution < -0.4 is 4.72 Å². The van der Waals surface area contributed by atoms with Gasteiger partial charge in [0.2, 0.25) is 10.0 Å². The monoisotopic (exact) mass is 486 g/mol. The Morgan fingerprint density at radius 3 is 2.55 bits per heavy atom. The van der Waals surface area contributed by atoms with E-state index < -0.39 is 45.2 Å². The zero-order chi connectivity index (χ0) is 24.4. The number of carbonyl (C=O) groups is 1. The van der Waals surface area contributed by atoms with E-state index in [0.717, 1.165) is 23.5 Å². The van der Waals surface area contributed by atoms with Crippen molar-refractivity contribution in [2.45, 2.75) is 38.4 Å². The quantitative estimate of drug-likeness (QED) is 0.575. The van der Waals surface area contributed by atoms with E-state index in [2.05, 4.69) is 14.7 Å². The summed E-state index contributed by atoms with van der Waals surface area (Å²) in [6.07, 6.45) is -0.181. The number of aromatic nitrogens is 2. The Hall–Kier alpha value is -2.57. The molecule has 0 bridgehead atoms. The van der Waals surface area contributed by atoms with Crippen LogP contribution in [0.3, 0.4) is 0 Å². The van der Waals surface area contributed by atoms with Crippen molar-refractivity contribution in [3.8, 4) is 11.4 Å². The van der Waals surface area contributed by atoms with E-state index in [-0.39, 0.29) is 36.4 Å². The molecule has 1 aliphatic rings. The summed E-state index contributed by atoms with van der Waals surface area (Å²) in [6, 6.07) is 2.93.